The van der Waals surface area contributed by atoms with E-state index < -0.39 is 0 Å². The van der Waals surface area contributed by atoms with Gasteiger partial charge in [0.15, 0.2) is 5.82 Å². The maximum atomic E-state index is 13.3. The number of aromatic amines is 1. The van der Waals surface area contributed by atoms with E-state index in [0.717, 1.165) is 48.8 Å². The maximum Gasteiger partial charge on any atom is 0.256 e. The van der Waals surface area contributed by atoms with Gasteiger partial charge in [0.25, 0.3) is 5.91 Å². The maximum absolute atomic E-state index is 13.3. The number of nitrogens with one attached hydrogen (secondary N) is 1. The molecule has 1 unspecified atom stereocenters. The monoisotopic (exact) mass is 342 g/mol. The molecule has 7 heteroatoms. The lowest BCUT2D eigenvalue weighted by Gasteiger charge is -2.34. The zero-order valence-corrected chi connectivity index (χ0v) is 15.4. The van der Waals surface area contributed by atoms with Gasteiger partial charge in [-0.15, -0.1) is 0 Å². The molecule has 1 atom stereocenters. The highest BCUT2D eigenvalue weighted by atomic mass is 16.2. The zero-order chi connectivity index (χ0) is 18.0. The van der Waals surface area contributed by atoms with Crippen molar-refractivity contribution in [3.8, 4) is 0 Å². The molecule has 3 rings (SSSR count). The van der Waals surface area contributed by atoms with Crippen LogP contribution in [0.2, 0.25) is 0 Å². The zero-order valence-electron chi connectivity index (χ0n) is 15.4. The molecule has 2 aromatic heterocycles. The Morgan fingerprint density at radius 2 is 2.16 bits per heavy atom. The molecule has 134 valence electrons. The summed E-state index contributed by atoms with van der Waals surface area (Å²) in [6.07, 6.45) is 3.68. The number of aryl methyl sites for hydroxylation is 2. The average molecular weight is 342 g/mol. The summed E-state index contributed by atoms with van der Waals surface area (Å²) in [7, 11) is 0. The van der Waals surface area contributed by atoms with Crippen molar-refractivity contribution in [2.45, 2.75) is 65.3 Å². The van der Waals surface area contributed by atoms with Crippen molar-refractivity contribution >= 4 is 5.91 Å². The summed E-state index contributed by atoms with van der Waals surface area (Å²) in [5, 5.41) is 15.7. The predicted molar refractivity (Wildman–Crippen MR) is 94.2 cm³/mol. The van der Waals surface area contributed by atoms with Gasteiger partial charge in [0.2, 0.25) is 0 Å². The first-order valence-corrected chi connectivity index (χ1v) is 9.07. The second kappa shape index (κ2) is 7.29. The van der Waals surface area contributed by atoms with Gasteiger partial charge in [-0.3, -0.25) is 9.89 Å². The molecule has 0 bridgehead atoms. The summed E-state index contributed by atoms with van der Waals surface area (Å²) in [6, 6.07) is 1.79. The third kappa shape index (κ3) is 3.55. The summed E-state index contributed by atoms with van der Waals surface area (Å²) in [6.45, 7) is 8.72. The van der Waals surface area contributed by atoms with Crippen LogP contribution in [-0.2, 0) is 6.42 Å². The normalized spacial score (nSPS) is 18.0. The quantitative estimate of drug-likeness (QED) is 0.923. The SMILES string of the molecule is CCc1nnc(C)cc1C(=O)N1CCCCC1c1nc(C(C)C)n[nH]1. The van der Waals surface area contributed by atoms with Crippen molar-refractivity contribution in [1.82, 2.24) is 30.3 Å². The van der Waals surface area contributed by atoms with Crippen molar-refractivity contribution in [2.75, 3.05) is 6.54 Å². The van der Waals surface area contributed by atoms with Crippen LogP contribution in [-0.4, -0.2) is 42.7 Å². The fourth-order valence-electron chi connectivity index (χ4n) is 3.27. The number of nitrogens with zero attached hydrogens (tertiary/aromatic N) is 5. The van der Waals surface area contributed by atoms with Gasteiger partial charge < -0.3 is 4.90 Å². The molecule has 0 spiro atoms. The molecule has 7 nitrogen and oxygen atoms in total. The molecule has 0 aliphatic carbocycles. The molecule has 1 amide bonds. The van der Waals surface area contributed by atoms with E-state index >= 15 is 0 Å². The number of amides is 1. The number of carbonyl (C=O) groups is 1. The fraction of sp³-hybridized carbons (Fsp3) is 0.611. The molecule has 1 saturated heterocycles. The van der Waals surface area contributed by atoms with Crippen LogP contribution in [0.3, 0.4) is 0 Å². The van der Waals surface area contributed by atoms with Crippen LogP contribution in [0.1, 0.15) is 85.4 Å². The van der Waals surface area contributed by atoms with E-state index in [4.69, 9.17) is 0 Å². The van der Waals surface area contributed by atoms with Gasteiger partial charge >= 0.3 is 0 Å². The van der Waals surface area contributed by atoms with Gasteiger partial charge in [-0.2, -0.15) is 15.3 Å². The van der Waals surface area contributed by atoms with Gasteiger partial charge in [-0.25, -0.2) is 4.98 Å². The second-order valence-electron chi connectivity index (χ2n) is 6.94. The Morgan fingerprint density at radius 3 is 2.84 bits per heavy atom. The number of rotatable bonds is 4. The first-order valence-electron chi connectivity index (χ1n) is 9.07. The molecule has 25 heavy (non-hydrogen) atoms. The molecule has 1 aliphatic rings. The van der Waals surface area contributed by atoms with Crippen LogP contribution >= 0.6 is 0 Å². The largest absolute Gasteiger partial charge is 0.328 e. The van der Waals surface area contributed by atoms with Crippen molar-refractivity contribution < 1.29 is 4.79 Å². The Hall–Kier alpha value is -2.31. The number of hydrogen-bond donors (Lipinski definition) is 1. The smallest absolute Gasteiger partial charge is 0.256 e. The lowest BCUT2D eigenvalue weighted by Crippen LogP contribution is -2.39. The Morgan fingerprint density at radius 1 is 1.36 bits per heavy atom. The van der Waals surface area contributed by atoms with Crippen LogP contribution in [0.15, 0.2) is 6.07 Å². The lowest BCUT2D eigenvalue weighted by molar-refractivity contribution is 0.0598. The van der Waals surface area contributed by atoms with Crippen LogP contribution in [0, 0.1) is 6.92 Å². The van der Waals surface area contributed by atoms with Crippen molar-refractivity contribution in [2.24, 2.45) is 0 Å². The van der Waals surface area contributed by atoms with Crippen molar-refractivity contribution in [3.63, 3.8) is 0 Å². The molecule has 0 radical (unpaired) electrons. The van der Waals surface area contributed by atoms with Crippen molar-refractivity contribution in [1.29, 1.82) is 0 Å². The molecular weight excluding hydrogens is 316 g/mol. The van der Waals surface area contributed by atoms with E-state index in [1.54, 1.807) is 0 Å². The number of H-pyrrole nitrogens is 1. The number of hydrogen-bond acceptors (Lipinski definition) is 5. The van der Waals surface area contributed by atoms with E-state index in [0.29, 0.717) is 12.0 Å². The van der Waals surface area contributed by atoms with Crippen LogP contribution in [0.4, 0.5) is 0 Å². The number of aromatic nitrogens is 5. The third-order valence-electron chi connectivity index (χ3n) is 4.67. The average Bonchev–Trinajstić information content (AvgIpc) is 3.11. The van der Waals surface area contributed by atoms with E-state index in [1.165, 1.54) is 0 Å². The molecule has 3 heterocycles. The Bertz CT molecular complexity index is 754. The van der Waals surface area contributed by atoms with Gasteiger partial charge in [0, 0.05) is 12.5 Å². The summed E-state index contributed by atoms with van der Waals surface area (Å²) in [5.41, 5.74) is 2.17. The van der Waals surface area contributed by atoms with E-state index in [9.17, 15) is 4.79 Å². The van der Waals surface area contributed by atoms with E-state index in [1.807, 2.05) is 24.8 Å². The summed E-state index contributed by atoms with van der Waals surface area (Å²) >= 11 is 0. The van der Waals surface area contributed by atoms with E-state index in [-0.39, 0.29) is 17.9 Å². The van der Waals surface area contributed by atoms with Crippen LogP contribution in [0.5, 0.6) is 0 Å². The molecule has 2 aromatic rings. The Labute approximate surface area is 148 Å². The van der Waals surface area contributed by atoms with Gasteiger partial charge in [0.1, 0.15) is 5.82 Å². The van der Waals surface area contributed by atoms with E-state index in [2.05, 4.69) is 39.2 Å². The Kier molecular flexibility index (Phi) is 5.11. The first-order chi connectivity index (χ1) is 12.0. The molecule has 0 aromatic carbocycles. The molecule has 1 fully saturated rings. The summed E-state index contributed by atoms with van der Waals surface area (Å²) in [4.78, 5) is 19.8. The summed E-state index contributed by atoms with van der Waals surface area (Å²) in [5.74, 6) is 1.86. The van der Waals surface area contributed by atoms with Crippen LogP contribution in [0.25, 0.3) is 0 Å². The molecule has 0 saturated carbocycles. The topological polar surface area (TPSA) is 87.7 Å². The second-order valence-corrected chi connectivity index (χ2v) is 6.94. The van der Waals surface area contributed by atoms with Crippen LogP contribution < -0.4 is 0 Å². The number of likely N-dealkylation sites (tertiary alicyclic amines) is 1. The standard InChI is InChI=1S/C18H26N6O/c1-5-14-13(10-12(4)20-21-14)18(25)24-9-7-6-8-15(24)17-19-16(11(2)3)22-23-17/h10-11,15H,5-9H2,1-4H3,(H,19,22,23). The minimum atomic E-state index is -0.0561. The minimum Gasteiger partial charge on any atom is -0.328 e. The highest BCUT2D eigenvalue weighted by Gasteiger charge is 2.32. The number of piperidine rings is 1. The highest BCUT2D eigenvalue weighted by molar-refractivity contribution is 5.95. The molecular formula is C18H26N6O. The van der Waals surface area contributed by atoms with Crippen molar-refractivity contribution in [3.05, 3.63) is 34.7 Å². The van der Waals surface area contributed by atoms with Gasteiger partial charge in [0.05, 0.1) is 23.0 Å². The highest BCUT2D eigenvalue weighted by Crippen LogP contribution is 2.31. The Balaban J connectivity index is 1.92. The predicted octanol–water partition coefficient (Wildman–Crippen LogP) is 2.96. The summed E-state index contributed by atoms with van der Waals surface area (Å²) < 4.78 is 0. The molecule has 1 N–H and O–H groups in total. The van der Waals surface area contributed by atoms with Gasteiger partial charge in [-0.05, 0) is 38.7 Å². The minimum absolute atomic E-state index is 0.0158. The number of carbonyl (C=O) groups excluding carboxylic acids is 1. The fourth-order valence-corrected chi connectivity index (χ4v) is 3.27. The first kappa shape index (κ1) is 17.5. The van der Waals surface area contributed by atoms with Gasteiger partial charge in [-0.1, -0.05) is 20.8 Å². The molecule has 1 aliphatic heterocycles. The third-order valence-corrected chi connectivity index (χ3v) is 4.67. The lowest BCUT2D eigenvalue weighted by atomic mass is 9.99.